The van der Waals surface area contributed by atoms with Crippen molar-refractivity contribution in [2.45, 2.75) is 6.92 Å². The first-order valence-corrected chi connectivity index (χ1v) is 9.46. The minimum atomic E-state index is -0.00459. The molecule has 3 heteroatoms. The number of ether oxygens (including phenoxy) is 2. The fourth-order valence-corrected chi connectivity index (χ4v) is 3.46. The zero-order chi connectivity index (χ0) is 20.4. The van der Waals surface area contributed by atoms with Crippen molar-refractivity contribution in [3.05, 3.63) is 90.0 Å². The maximum Gasteiger partial charge on any atom is 0.186 e. The molecule has 4 aromatic carbocycles. The molecule has 0 aliphatic heterocycles. The van der Waals surface area contributed by atoms with Crippen molar-refractivity contribution in [3.8, 4) is 11.5 Å². The summed E-state index contributed by atoms with van der Waals surface area (Å²) in [4.78, 5) is 12.8. The molecule has 0 bridgehead atoms. The summed E-state index contributed by atoms with van der Waals surface area (Å²) in [5, 5.41) is 4.29. The fourth-order valence-electron chi connectivity index (χ4n) is 3.46. The van der Waals surface area contributed by atoms with Gasteiger partial charge in [0.1, 0.15) is 11.5 Å². The molecular formula is C26H22O3. The van der Waals surface area contributed by atoms with E-state index in [1.54, 1.807) is 20.3 Å². The third kappa shape index (κ3) is 3.85. The van der Waals surface area contributed by atoms with E-state index < -0.39 is 0 Å². The quantitative estimate of drug-likeness (QED) is 0.300. The third-order valence-corrected chi connectivity index (χ3v) is 5.18. The molecule has 0 atom stereocenters. The number of methoxy groups -OCH3 is 2. The number of rotatable bonds is 5. The molecule has 0 heterocycles. The van der Waals surface area contributed by atoms with Gasteiger partial charge in [-0.25, -0.2) is 0 Å². The second-order valence-corrected chi connectivity index (χ2v) is 7.05. The van der Waals surface area contributed by atoms with Gasteiger partial charge >= 0.3 is 0 Å². The zero-order valence-corrected chi connectivity index (χ0v) is 16.7. The number of allylic oxidation sites excluding steroid dienone is 2. The zero-order valence-electron chi connectivity index (χ0n) is 16.7. The highest BCUT2D eigenvalue weighted by Gasteiger charge is 2.07. The number of carbonyl (C=O) groups excluding carboxylic acids is 1. The highest BCUT2D eigenvalue weighted by atomic mass is 16.5. The Labute approximate surface area is 170 Å². The molecule has 0 spiro atoms. The van der Waals surface area contributed by atoms with Crippen molar-refractivity contribution in [3.63, 3.8) is 0 Å². The number of carbonyl (C=O) groups is 1. The normalized spacial score (nSPS) is 11.6. The summed E-state index contributed by atoms with van der Waals surface area (Å²) in [6.07, 6.45) is 1.70. The Morgan fingerprint density at radius 3 is 1.66 bits per heavy atom. The Kier molecular flexibility index (Phi) is 5.05. The number of hydrogen-bond acceptors (Lipinski definition) is 3. The van der Waals surface area contributed by atoms with Crippen LogP contribution in [0.2, 0.25) is 0 Å². The van der Waals surface area contributed by atoms with Gasteiger partial charge in [0.15, 0.2) is 5.78 Å². The Morgan fingerprint density at radius 2 is 1.10 bits per heavy atom. The topological polar surface area (TPSA) is 35.5 Å². The van der Waals surface area contributed by atoms with E-state index in [9.17, 15) is 4.79 Å². The van der Waals surface area contributed by atoms with E-state index in [0.717, 1.165) is 44.2 Å². The van der Waals surface area contributed by atoms with Crippen LogP contribution in [0, 0.1) is 0 Å². The van der Waals surface area contributed by atoms with Crippen LogP contribution in [-0.4, -0.2) is 20.0 Å². The van der Waals surface area contributed by atoms with Gasteiger partial charge < -0.3 is 9.47 Å². The molecule has 4 aromatic rings. The number of ketones is 1. The molecule has 0 unspecified atom stereocenters. The average molecular weight is 382 g/mol. The summed E-state index contributed by atoms with van der Waals surface area (Å²) >= 11 is 0. The van der Waals surface area contributed by atoms with Crippen LogP contribution in [0.1, 0.15) is 22.8 Å². The van der Waals surface area contributed by atoms with Gasteiger partial charge in [0.05, 0.1) is 14.2 Å². The van der Waals surface area contributed by atoms with Crippen LogP contribution in [0.3, 0.4) is 0 Å². The molecule has 0 aliphatic carbocycles. The van der Waals surface area contributed by atoms with Crippen LogP contribution in [-0.2, 0) is 0 Å². The predicted octanol–water partition coefficient (Wildman–Crippen LogP) is 6.30. The predicted molar refractivity (Wildman–Crippen MR) is 119 cm³/mol. The lowest BCUT2D eigenvalue weighted by Gasteiger charge is -2.07. The van der Waals surface area contributed by atoms with Crippen LogP contribution < -0.4 is 9.47 Å². The highest BCUT2D eigenvalue weighted by Crippen LogP contribution is 2.26. The smallest absolute Gasteiger partial charge is 0.186 e. The Balaban J connectivity index is 1.63. The van der Waals surface area contributed by atoms with Gasteiger partial charge in [-0.15, -0.1) is 0 Å². The highest BCUT2D eigenvalue weighted by molar-refractivity contribution is 6.10. The summed E-state index contributed by atoms with van der Waals surface area (Å²) in [6.45, 7) is 1.97. The van der Waals surface area contributed by atoms with Crippen molar-refractivity contribution < 1.29 is 14.3 Å². The molecule has 4 rings (SSSR count). The fraction of sp³-hybridized carbons (Fsp3) is 0.115. The van der Waals surface area contributed by atoms with Gasteiger partial charge in [0, 0.05) is 5.56 Å². The summed E-state index contributed by atoms with van der Waals surface area (Å²) < 4.78 is 10.5. The Bertz CT molecular complexity index is 1250. The Morgan fingerprint density at radius 1 is 0.655 bits per heavy atom. The second-order valence-electron chi connectivity index (χ2n) is 7.05. The molecule has 0 amide bonds. The first-order chi connectivity index (χ1) is 14.1. The lowest BCUT2D eigenvalue weighted by molar-refractivity contribution is 0.104. The molecular weight excluding hydrogens is 360 g/mol. The van der Waals surface area contributed by atoms with Crippen molar-refractivity contribution in [1.82, 2.24) is 0 Å². The van der Waals surface area contributed by atoms with Gasteiger partial charge in [0.25, 0.3) is 0 Å². The lowest BCUT2D eigenvalue weighted by Crippen LogP contribution is -1.96. The van der Waals surface area contributed by atoms with Crippen LogP contribution >= 0.6 is 0 Å². The van der Waals surface area contributed by atoms with Gasteiger partial charge in [0.2, 0.25) is 0 Å². The van der Waals surface area contributed by atoms with Crippen LogP contribution in [0.15, 0.2) is 78.9 Å². The third-order valence-electron chi connectivity index (χ3n) is 5.18. The standard InChI is InChI=1S/C26H22O3/c1-17(18-4-5-21-15-24(28-2)10-8-19(21)13-18)12-26(27)23-7-6-22-16-25(29-3)11-9-20(22)14-23/h4-16H,1-3H3/b17-12-. The minimum absolute atomic E-state index is 0.00459. The molecule has 0 radical (unpaired) electrons. The summed E-state index contributed by atoms with van der Waals surface area (Å²) in [5.41, 5.74) is 2.64. The van der Waals surface area contributed by atoms with Crippen molar-refractivity contribution in [2.75, 3.05) is 14.2 Å². The van der Waals surface area contributed by atoms with E-state index in [-0.39, 0.29) is 5.78 Å². The van der Waals surface area contributed by atoms with Gasteiger partial charge in [-0.05, 0) is 82.1 Å². The SMILES string of the molecule is COc1ccc2cc(C(=O)/C=C(/C)c3ccc4cc(OC)ccc4c3)ccc2c1. The molecule has 0 aromatic heterocycles. The summed E-state index contributed by atoms with van der Waals surface area (Å²) in [7, 11) is 3.31. The van der Waals surface area contributed by atoms with E-state index in [1.165, 1.54) is 0 Å². The molecule has 0 fully saturated rings. The number of benzene rings is 4. The molecule has 0 saturated carbocycles. The van der Waals surface area contributed by atoms with E-state index in [1.807, 2.05) is 67.6 Å². The van der Waals surface area contributed by atoms with Crippen LogP contribution in [0.25, 0.3) is 27.1 Å². The van der Waals surface area contributed by atoms with Crippen molar-refractivity contribution in [2.24, 2.45) is 0 Å². The number of hydrogen-bond donors (Lipinski definition) is 0. The Hall–Kier alpha value is -3.59. The maximum atomic E-state index is 12.8. The van der Waals surface area contributed by atoms with Gasteiger partial charge in [-0.1, -0.05) is 36.4 Å². The molecule has 29 heavy (non-hydrogen) atoms. The van der Waals surface area contributed by atoms with Gasteiger partial charge in [-0.2, -0.15) is 0 Å². The van der Waals surface area contributed by atoms with E-state index in [2.05, 4.69) is 12.1 Å². The van der Waals surface area contributed by atoms with Crippen LogP contribution in [0.4, 0.5) is 0 Å². The monoisotopic (exact) mass is 382 g/mol. The summed E-state index contributed by atoms with van der Waals surface area (Å²) in [5.74, 6) is 1.64. The van der Waals surface area contributed by atoms with Crippen molar-refractivity contribution >= 4 is 32.9 Å². The van der Waals surface area contributed by atoms with E-state index in [0.29, 0.717) is 5.56 Å². The molecule has 0 saturated heterocycles. The molecule has 0 N–H and O–H groups in total. The van der Waals surface area contributed by atoms with E-state index in [4.69, 9.17) is 9.47 Å². The second kappa shape index (κ2) is 7.80. The van der Waals surface area contributed by atoms with Crippen molar-refractivity contribution in [1.29, 1.82) is 0 Å². The number of fused-ring (bicyclic) bond motifs is 2. The minimum Gasteiger partial charge on any atom is -0.497 e. The maximum absolute atomic E-state index is 12.8. The first kappa shape index (κ1) is 18.8. The van der Waals surface area contributed by atoms with E-state index >= 15 is 0 Å². The first-order valence-electron chi connectivity index (χ1n) is 9.46. The lowest BCUT2D eigenvalue weighted by atomic mass is 9.99. The molecule has 0 aliphatic rings. The molecule has 144 valence electrons. The molecule has 3 nitrogen and oxygen atoms in total. The largest absolute Gasteiger partial charge is 0.497 e. The summed E-state index contributed by atoms with van der Waals surface area (Å²) in [6, 6.07) is 23.8. The average Bonchev–Trinajstić information content (AvgIpc) is 2.77. The van der Waals surface area contributed by atoms with Gasteiger partial charge in [-0.3, -0.25) is 4.79 Å². The van der Waals surface area contributed by atoms with Crippen LogP contribution in [0.5, 0.6) is 11.5 Å².